The SMILES string of the molecule is O=C(NC1CCN(C(=O)c2ccoc2)CC1)C1CCCN(C(=O)c2ccoc2)C1. The fraction of sp³-hybridized carbons (Fsp3) is 0.476. The van der Waals surface area contributed by atoms with Crippen LogP contribution in [0.1, 0.15) is 46.4 Å². The molecule has 0 saturated carbocycles. The molecule has 1 N–H and O–H groups in total. The summed E-state index contributed by atoms with van der Waals surface area (Å²) in [5, 5.41) is 3.13. The molecule has 0 aromatic carbocycles. The quantitative estimate of drug-likeness (QED) is 0.850. The Bertz CT molecular complexity index is 838. The van der Waals surface area contributed by atoms with Crippen molar-refractivity contribution in [3.63, 3.8) is 0 Å². The molecule has 8 nitrogen and oxygen atoms in total. The van der Waals surface area contributed by atoms with Gasteiger partial charge in [-0.1, -0.05) is 0 Å². The first-order valence-electron chi connectivity index (χ1n) is 10.0. The average molecular weight is 399 g/mol. The van der Waals surface area contributed by atoms with Crippen LogP contribution in [0.15, 0.2) is 46.0 Å². The minimum absolute atomic E-state index is 0.00527. The van der Waals surface area contributed by atoms with Crippen LogP contribution in [0.25, 0.3) is 0 Å². The summed E-state index contributed by atoms with van der Waals surface area (Å²) < 4.78 is 9.97. The first kappa shape index (κ1) is 19.3. The maximum Gasteiger partial charge on any atom is 0.257 e. The number of nitrogens with zero attached hydrogens (tertiary/aromatic N) is 2. The van der Waals surface area contributed by atoms with E-state index < -0.39 is 0 Å². The van der Waals surface area contributed by atoms with Crippen molar-refractivity contribution in [3.05, 3.63) is 48.3 Å². The smallest absolute Gasteiger partial charge is 0.257 e. The molecule has 2 aliphatic rings. The molecular weight excluding hydrogens is 374 g/mol. The predicted octanol–water partition coefficient (Wildman–Crippen LogP) is 2.15. The van der Waals surface area contributed by atoms with E-state index in [0.29, 0.717) is 37.3 Å². The van der Waals surface area contributed by atoms with E-state index in [1.807, 2.05) is 0 Å². The molecule has 2 saturated heterocycles. The predicted molar refractivity (Wildman–Crippen MR) is 103 cm³/mol. The zero-order valence-electron chi connectivity index (χ0n) is 16.2. The summed E-state index contributed by atoms with van der Waals surface area (Å²) in [6.07, 6.45) is 8.88. The van der Waals surface area contributed by atoms with Crippen LogP contribution in [0.4, 0.5) is 0 Å². The molecule has 0 aliphatic carbocycles. The van der Waals surface area contributed by atoms with E-state index in [1.165, 1.54) is 25.1 Å². The number of hydrogen-bond acceptors (Lipinski definition) is 5. The summed E-state index contributed by atoms with van der Waals surface area (Å²) in [7, 11) is 0. The number of piperidine rings is 2. The highest BCUT2D eigenvalue weighted by Gasteiger charge is 2.31. The topological polar surface area (TPSA) is 96.0 Å². The van der Waals surface area contributed by atoms with Crippen LogP contribution in [0.5, 0.6) is 0 Å². The van der Waals surface area contributed by atoms with Crippen molar-refractivity contribution in [3.8, 4) is 0 Å². The van der Waals surface area contributed by atoms with Gasteiger partial charge in [0.15, 0.2) is 0 Å². The lowest BCUT2D eigenvalue weighted by atomic mass is 9.95. The number of likely N-dealkylation sites (tertiary alicyclic amines) is 2. The van der Waals surface area contributed by atoms with Crippen LogP contribution in [0.2, 0.25) is 0 Å². The van der Waals surface area contributed by atoms with Gasteiger partial charge < -0.3 is 24.0 Å². The van der Waals surface area contributed by atoms with Gasteiger partial charge in [0.05, 0.1) is 29.6 Å². The molecule has 154 valence electrons. The molecule has 2 aromatic heterocycles. The Morgan fingerprint density at radius 2 is 1.48 bits per heavy atom. The fourth-order valence-corrected chi connectivity index (χ4v) is 4.06. The van der Waals surface area contributed by atoms with Gasteiger partial charge in [0, 0.05) is 32.2 Å². The Hall–Kier alpha value is -3.03. The summed E-state index contributed by atoms with van der Waals surface area (Å²) >= 11 is 0. The van der Waals surface area contributed by atoms with Gasteiger partial charge in [0.25, 0.3) is 11.8 Å². The lowest BCUT2D eigenvalue weighted by Crippen LogP contribution is -2.50. The molecule has 3 amide bonds. The fourth-order valence-electron chi connectivity index (χ4n) is 4.06. The second-order valence-electron chi connectivity index (χ2n) is 7.69. The van der Waals surface area contributed by atoms with Gasteiger partial charge in [0.1, 0.15) is 12.5 Å². The molecule has 29 heavy (non-hydrogen) atoms. The zero-order valence-corrected chi connectivity index (χ0v) is 16.2. The van der Waals surface area contributed by atoms with E-state index in [2.05, 4.69) is 5.32 Å². The van der Waals surface area contributed by atoms with Crippen molar-refractivity contribution in [2.45, 2.75) is 31.7 Å². The van der Waals surface area contributed by atoms with Crippen molar-refractivity contribution in [2.24, 2.45) is 5.92 Å². The van der Waals surface area contributed by atoms with Crippen molar-refractivity contribution >= 4 is 17.7 Å². The van der Waals surface area contributed by atoms with Crippen LogP contribution >= 0.6 is 0 Å². The third-order valence-electron chi connectivity index (χ3n) is 5.74. The van der Waals surface area contributed by atoms with E-state index in [-0.39, 0.29) is 29.7 Å². The normalized spacial score (nSPS) is 20.5. The minimum Gasteiger partial charge on any atom is -0.472 e. The maximum absolute atomic E-state index is 12.8. The molecule has 8 heteroatoms. The van der Waals surface area contributed by atoms with E-state index in [0.717, 1.165) is 25.7 Å². The Morgan fingerprint density at radius 3 is 2.07 bits per heavy atom. The lowest BCUT2D eigenvalue weighted by molar-refractivity contribution is -0.127. The first-order valence-corrected chi connectivity index (χ1v) is 10.0. The highest BCUT2D eigenvalue weighted by atomic mass is 16.3. The zero-order chi connectivity index (χ0) is 20.2. The average Bonchev–Trinajstić information content (AvgIpc) is 3.47. The molecule has 2 aromatic rings. The van der Waals surface area contributed by atoms with Crippen LogP contribution < -0.4 is 5.32 Å². The monoisotopic (exact) mass is 399 g/mol. The van der Waals surface area contributed by atoms with Crippen molar-refractivity contribution in [2.75, 3.05) is 26.2 Å². The Kier molecular flexibility index (Phi) is 5.69. The van der Waals surface area contributed by atoms with Crippen LogP contribution in [-0.4, -0.2) is 59.7 Å². The number of amides is 3. The maximum atomic E-state index is 12.8. The number of rotatable bonds is 4. The molecule has 0 radical (unpaired) electrons. The van der Waals surface area contributed by atoms with Crippen molar-refractivity contribution < 1.29 is 23.2 Å². The van der Waals surface area contributed by atoms with Gasteiger partial charge in [-0.25, -0.2) is 0 Å². The van der Waals surface area contributed by atoms with E-state index in [1.54, 1.807) is 21.9 Å². The summed E-state index contributed by atoms with van der Waals surface area (Å²) in [5.41, 5.74) is 1.07. The summed E-state index contributed by atoms with van der Waals surface area (Å²) in [4.78, 5) is 41.2. The third kappa shape index (κ3) is 4.36. The highest BCUT2D eigenvalue weighted by Crippen LogP contribution is 2.21. The Labute approximate surface area is 168 Å². The number of furan rings is 2. The van der Waals surface area contributed by atoms with Crippen LogP contribution in [0.3, 0.4) is 0 Å². The van der Waals surface area contributed by atoms with Gasteiger partial charge in [-0.2, -0.15) is 0 Å². The largest absolute Gasteiger partial charge is 0.472 e. The molecule has 4 rings (SSSR count). The van der Waals surface area contributed by atoms with E-state index >= 15 is 0 Å². The number of nitrogens with one attached hydrogen (secondary N) is 1. The number of carbonyl (C=O) groups is 3. The molecule has 0 bridgehead atoms. The van der Waals surface area contributed by atoms with E-state index in [9.17, 15) is 14.4 Å². The lowest BCUT2D eigenvalue weighted by Gasteiger charge is -2.35. The standard InChI is InChI=1S/C21H25N3O5/c25-19(15-2-1-7-24(12-15)21(27)17-6-11-29-14-17)22-18-3-8-23(9-4-18)20(26)16-5-10-28-13-16/h5-6,10-11,13-15,18H,1-4,7-9,12H2,(H,22,25). The Balaban J connectivity index is 1.26. The van der Waals surface area contributed by atoms with Gasteiger partial charge in [0.2, 0.25) is 5.91 Å². The molecule has 1 atom stereocenters. The first-order chi connectivity index (χ1) is 14.1. The molecule has 1 unspecified atom stereocenters. The van der Waals surface area contributed by atoms with Crippen molar-refractivity contribution in [1.82, 2.24) is 15.1 Å². The van der Waals surface area contributed by atoms with Crippen LogP contribution in [0, 0.1) is 5.92 Å². The van der Waals surface area contributed by atoms with Gasteiger partial charge >= 0.3 is 0 Å². The van der Waals surface area contributed by atoms with E-state index in [4.69, 9.17) is 8.83 Å². The summed E-state index contributed by atoms with van der Waals surface area (Å²) in [6.45, 7) is 2.28. The molecular formula is C21H25N3O5. The minimum atomic E-state index is -0.204. The third-order valence-corrected chi connectivity index (χ3v) is 5.74. The molecule has 4 heterocycles. The molecule has 2 fully saturated rings. The number of carbonyl (C=O) groups excluding carboxylic acids is 3. The highest BCUT2D eigenvalue weighted by molar-refractivity contribution is 5.94. The Morgan fingerprint density at radius 1 is 0.862 bits per heavy atom. The number of hydrogen-bond donors (Lipinski definition) is 1. The van der Waals surface area contributed by atoms with Gasteiger partial charge in [-0.05, 0) is 37.8 Å². The van der Waals surface area contributed by atoms with Gasteiger partial charge in [-0.3, -0.25) is 14.4 Å². The van der Waals surface area contributed by atoms with Crippen LogP contribution in [-0.2, 0) is 4.79 Å². The summed E-state index contributed by atoms with van der Waals surface area (Å²) in [6, 6.07) is 3.36. The second-order valence-corrected chi connectivity index (χ2v) is 7.69. The van der Waals surface area contributed by atoms with Gasteiger partial charge in [-0.15, -0.1) is 0 Å². The summed E-state index contributed by atoms with van der Waals surface area (Å²) in [5.74, 6) is -0.342. The molecule has 0 spiro atoms. The second kappa shape index (κ2) is 8.55. The molecule has 2 aliphatic heterocycles. The van der Waals surface area contributed by atoms with Crippen molar-refractivity contribution in [1.29, 1.82) is 0 Å².